The molecular formula is C42H66CaO6. The molecule has 6 nitrogen and oxygen atoms in total. The Hall–Kier alpha value is -1.76. The second kappa shape index (κ2) is 32.2. The van der Waals surface area contributed by atoms with E-state index in [1.807, 2.05) is 6.07 Å². The molecule has 2 aromatic carbocycles. The molecule has 0 amide bonds. The summed E-state index contributed by atoms with van der Waals surface area (Å²) in [6.07, 6.45) is 32.2. The van der Waals surface area contributed by atoms with E-state index in [0.29, 0.717) is 12.0 Å². The first-order valence-electron chi connectivity index (χ1n) is 19.4. The summed E-state index contributed by atoms with van der Waals surface area (Å²) in [5, 5.41) is 41.5. The standard InChI is InChI=1S/2C21H34O3.Ca/c2*1-2-3-4-5-6-7-8-9-10-11-12-13-15-18-16-14-17-19(22)20(18)21(23)24;/h2*14,16-17,22H,2-13,15H2,1H3,(H,23,24);/q;;+2/p-2. The minimum Gasteiger partial charge on any atom is -0.872 e. The van der Waals surface area contributed by atoms with Crippen LogP contribution in [0.4, 0.5) is 0 Å². The van der Waals surface area contributed by atoms with Gasteiger partial charge in [0.15, 0.2) is 0 Å². The smallest absolute Gasteiger partial charge is 0.872 e. The zero-order valence-electron chi connectivity index (χ0n) is 31.1. The van der Waals surface area contributed by atoms with E-state index in [2.05, 4.69) is 13.8 Å². The molecule has 2 rings (SSSR count). The number of aromatic carboxylic acids is 2. The van der Waals surface area contributed by atoms with Crippen LogP contribution in [0.2, 0.25) is 0 Å². The summed E-state index contributed by atoms with van der Waals surface area (Å²) in [6, 6.07) is 9.61. The van der Waals surface area contributed by atoms with Gasteiger partial charge in [0.2, 0.25) is 0 Å². The van der Waals surface area contributed by atoms with Crippen LogP contribution in [-0.2, 0) is 12.8 Å². The van der Waals surface area contributed by atoms with Gasteiger partial charge in [0, 0.05) is 0 Å². The van der Waals surface area contributed by atoms with Crippen LogP contribution in [0.5, 0.6) is 11.5 Å². The molecule has 0 aliphatic rings. The Morgan fingerprint density at radius 2 is 0.857 bits per heavy atom. The quantitative estimate of drug-likeness (QED) is 0.0671. The molecule has 0 saturated heterocycles. The number of phenols is 1. The summed E-state index contributed by atoms with van der Waals surface area (Å²) in [5.41, 5.74) is 1.28. The second-order valence-corrected chi connectivity index (χ2v) is 13.5. The van der Waals surface area contributed by atoms with Crippen LogP contribution in [-0.4, -0.2) is 59.9 Å². The number of carboxylic acid groups (broad SMARTS) is 2. The fraction of sp³-hybridized carbons (Fsp3) is 0.667. The summed E-state index contributed by atoms with van der Waals surface area (Å²) in [4.78, 5) is 22.3. The van der Waals surface area contributed by atoms with E-state index >= 15 is 0 Å². The molecule has 272 valence electrons. The van der Waals surface area contributed by atoms with Gasteiger partial charge in [-0.15, -0.1) is 0 Å². The number of hydrogen-bond donors (Lipinski definition) is 2. The summed E-state index contributed by atoms with van der Waals surface area (Å²) in [5.74, 6) is -2.96. The fourth-order valence-corrected chi connectivity index (χ4v) is 6.37. The molecule has 0 heterocycles. The summed E-state index contributed by atoms with van der Waals surface area (Å²) in [7, 11) is 0. The van der Waals surface area contributed by atoms with Crippen molar-refractivity contribution in [3.8, 4) is 11.5 Å². The third-order valence-corrected chi connectivity index (χ3v) is 9.26. The van der Waals surface area contributed by atoms with Crippen molar-refractivity contribution >= 4 is 49.7 Å². The molecule has 0 spiro atoms. The summed E-state index contributed by atoms with van der Waals surface area (Å²) >= 11 is 0. The molecule has 0 aromatic heterocycles. The normalized spacial score (nSPS) is 10.7. The first-order chi connectivity index (χ1) is 23.3. The van der Waals surface area contributed by atoms with Gasteiger partial charge < -0.3 is 25.2 Å². The van der Waals surface area contributed by atoms with Crippen molar-refractivity contribution in [2.24, 2.45) is 0 Å². The number of rotatable bonds is 28. The number of unbranched alkanes of at least 4 members (excludes halogenated alkanes) is 22. The molecular weight excluding hydrogens is 641 g/mol. The number of carbonyl (C=O) groups is 2. The van der Waals surface area contributed by atoms with Crippen LogP contribution < -0.4 is 10.2 Å². The van der Waals surface area contributed by atoms with E-state index in [9.17, 15) is 30.0 Å². The number of aryl methyl sites for hydroxylation is 2. The third-order valence-electron chi connectivity index (χ3n) is 9.26. The van der Waals surface area contributed by atoms with E-state index in [1.54, 1.807) is 18.2 Å². The van der Waals surface area contributed by atoms with Gasteiger partial charge in [-0.1, -0.05) is 191 Å². The zero-order chi connectivity index (χ0) is 35.2. The van der Waals surface area contributed by atoms with Gasteiger partial charge in [0.05, 0.1) is 5.97 Å². The largest absolute Gasteiger partial charge is 2.00 e. The van der Waals surface area contributed by atoms with Crippen LogP contribution in [0.15, 0.2) is 36.4 Å². The molecule has 0 unspecified atom stereocenters. The topological polar surface area (TPSA) is 121 Å². The molecule has 7 heteroatoms. The number of hydrogen-bond acceptors (Lipinski definition) is 5. The fourth-order valence-electron chi connectivity index (χ4n) is 6.37. The molecule has 0 fully saturated rings. The van der Waals surface area contributed by atoms with E-state index in [-0.39, 0.29) is 54.6 Å². The van der Waals surface area contributed by atoms with Gasteiger partial charge in [0.1, 0.15) is 11.3 Å². The maximum Gasteiger partial charge on any atom is 2.00 e. The van der Waals surface area contributed by atoms with Gasteiger partial charge >= 0.3 is 43.7 Å². The molecule has 2 N–H and O–H groups in total. The number of carboxylic acids is 2. The van der Waals surface area contributed by atoms with Gasteiger partial charge in [0.25, 0.3) is 0 Å². The van der Waals surface area contributed by atoms with Gasteiger partial charge in [-0.2, -0.15) is 0 Å². The second-order valence-electron chi connectivity index (χ2n) is 13.5. The molecule has 0 radical (unpaired) electrons. The van der Waals surface area contributed by atoms with Gasteiger partial charge in [-0.05, 0) is 48.4 Å². The number of aromatic hydroxyl groups is 1. The van der Waals surface area contributed by atoms with E-state index < -0.39 is 17.7 Å². The van der Waals surface area contributed by atoms with Crippen molar-refractivity contribution in [1.82, 2.24) is 0 Å². The van der Waals surface area contributed by atoms with Crippen molar-refractivity contribution in [3.63, 3.8) is 0 Å². The van der Waals surface area contributed by atoms with Crippen LogP contribution in [0, 0.1) is 0 Å². The predicted molar refractivity (Wildman–Crippen MR) is 201 cm³/mol. The average molecular weight is 707 g/mol. The van der Waals surface area contributed by atoms with Crippen LogP contribution in [0.25, 0.3) is 0 Å². The average Bonchev–Trinajstić information content (AvgIpc) is 3.05. The Morgan fingerprint density at radius 3 is 1.20 bits per heavy atom. The first-order valence-corrected chi connectivity index (χ1v) is 19.4. The van der Waals surface area contributed by atoms with Crippen LogP contribution >= 0.6 is 0 Å². The Kier molecular flexibility index (Phi) is 31.0. The van der Waals surface area contributed by atoms with Crippen molar-refractivity contribution in [2.75, 3.05) is 0 Å². The van der Waals surface area contributed by atoms with Crippen molar-refractivity contribution in [2.45, 2.75) is 181 Å². The third kappa shape index (κ3) is 23.4. The molecule has 49 heavy (non-hydrogen) atoms. The van der Waals surface area contributed by atoms with E-state index in [1.165, 1.54) is 141 Å². The van der Waals surface area contributed by atoms with Crippen molar-refractivity contribution < 1.29 is 30.0 Å². The molecule has 0 bridgehead atoms. The Labute approximate surface area is 328 Å². The molecule has 2 aromatic rings. The Morgan fingerprint density at radius 1 is 0.531 bits per heavy atom. The minimum atomic E-state index is -1.35. The van der Waals surface area contributed by atoms with E-state index in [0.717, 1.165) is 37.7 Å². The Bertz CT molecular complexity index is 1030. The van der Waals surface area contributed by atoms with E-state index in [4.69, 9.17) is 0 Å². The number of carbonyl (C=O) groups excluding carboxylic acids is 1. The maximum absolute atomic E-state index is 11.6. The van der Waals surface area contributed by atoms with Crippen LogP contribution in [0.3, 0.4) is 0 Å². The molecule has 0 saturated carbocycles. The van der Waals surface area contributed by atoms with Crippen molar-refractivity contribution in [1.29, 1.82) is 0 Å². The molecule has 0 atom stereocenters. The van der Waals surface area contributed by atoms with Gasteiger partial charge in [-0.25, -0.2) is 4.79 Å². The van der Waals surface area contributed by atoms with Crippen LogP contribution in [0.1, 0.15) is 200 Å². The Balaban J connectivity index is 0.000000922. The van der Waals surface area contributed by atoms with Crippen molar-refractivity contribution in [3.05, 3.63) is 58.7 Å². The zero-order valence-corrected chi connectivity index (χ0v) is 33.3. The summed E-state index contributed by atoms with van der Waals surface area (Å²) < 4.78 is 0. The SMILES string of the molecule is CCCCCCCCCCCCCCc1cccc(O)c1C(=O)O.CCCCCCCCCCCCCCc1cccc([O-])c1C(=O)[O-].[Ca+2]. The maximum atomic E-state index is 11.6. The summed E-state index contributed by atoms with van der Waals surface area (Å²) in [6.45, 7) is 4.50. The van der Waals surface area contributed by atoms with Gasteiger partial charge in [-0.3, -0.25) is 0 Å². The predicted octanol–water partition coefficient (Wildman–Crippen LogP) is 10.3. The molecule has 0 aliphatic heterocycles. The minimum absolute atomic E-state index is 0. The first kappa shape index (κ1) is 47.2. The monoisotopic (exact) mass is 706 g/mol. The molecule has 0 aliphatic carbocycles. The number of benzene rings is 2.